The largest absolute Gasteiger partial charge is 0.310 e. The Bertz CT molecular complexity index is 2510. The van der Waals surface area contributed by atoms with Crippen LogP contribution in [-0.2, 0) is 0 Å². The molecule has 2 nitrogen and oxygen atoms in total. The Morgan fingerprint density at radius 1 is 0.319 bits per heavy atom. The number of nitrogens with zero attached hydrogens (tertiary/aromatic N) is 2. The number of hydrogen-bond acceptors (Lipinski definition) is 4. The van der Waals surface area contributed by atoms with Crippen LogP contribution in [0.15, 0.2) is 164 Å². The van der Waals surface area contributed by atoms with Crippen LogP contribution in [0.1, 0.15) is 0 Å². The van der Waals surface area contributed by atoms with Crippen LogP contribution in [-0.4, -0.2) is 0 Å². The van der Waals surface area contributed by atoms with E-state index in [4.69, 9.17) is 0 Å². The fourth-order valence-electron chi connectivity index (χ4n) is 6.55. The van der Waals surface area contributed by atoms with Gasteiger partial charge in [0.15, 0.2) is 0 Å². The lowest BCUT2D eigenvalue weighted by Gasteiger charge is -2.26. The highest BCUT2D eigenvalue weighted by molar-refractivity contribution is 7.26. The second kappa shape index (κ2) is 11.4. The van der Waals surface area contributed by atoms with Gasteiger partial charge in [-0.3, -0.25) is 0 Å². The highest BCUT2D eigenvalue weighted by atomic mass is 32.1. The smallest absolute Gasteiger partial charge is 0.125 e. The number of rotatable bonds is 6. The van der Waals surface area contributed by atoms with Crippen molar-refractivity contribution in [3.8, 4) is 0 Å². The number of para-hydroxylation sites is 2. The SMILES string of the molecule is Fc1cccc(N(c2ccc3c(c2)sc2ccccc23)c2ccc3c(c2)sc2ccc(N(c4ccccc4)c4ccccc4)cc23)c1. The number of benzene rings is 7. The van der Waals surface area contributed by atoms with E-state index in [1.165, 1.54) is 46.4 Å². The first-order valence-corrected chi connectivity index (χ1v) is 17.2. The zero-order chi connectivity index (χ0) is 31.3. The van der Waals surface area contributed by atoms with E-state index in [0.717, 1.165) is 34.1 Å². The molecule has 224 valence electrons. The summed E-state index contributed by atoms with van der Waals surface area (Å²) in [6.07, 6.45) is 0. The summed E-state index contributed by atoms with van der Waals surface area (Å²) in [6.45, 7) is 0. The van der Waals surface area contributed by atoms with Crippen LogP contribution in [0.5, 0.6) is 0 Å². The first-order chi connectivity index (χ1) is 23.2. The molecule has 2 heterocycles. The number of fused-ring (bicyclic) bond motifs is 6. The maximum atomic E-state index is 14.7. The number of thiophene rings is 2. The Kier molecular flexibility index (Phi) is 6.74. The van der Waals surface area contributed by atoms with E-state index < -0.39 is 0 Å². The molecule has 0 bridgehead atoms. The van der Waals surface area contributed by atoms with Gasteiger partial charge in [-0.1, -0.05) is 72.8 Å². The van der Waals surface area contributed by atoms with Crippen molar-refractivity contribution in [2.24, 2.45) is 0 Å². The van der Waals surface area contributed by atoms with Gasteiger partial charge in [-0.15, -0.1) is 22.7 Å². The van der Waals surface area contributed by atoms with Gasteiger partial charge in [0.25, 0.3) is 0 Å². The third kappa shape index (κ3) is 4.92. The van der Waals surface area contributed by atoms with Gasteiger partial charge < -0.3 is 9.80 Å². The minimum absolute atomic E-state index is 0.257. The zero-order valence-corrected chi connectivity index (χ0v) is 26.8. The molecule has 9 rings (SSSR count). The number of anilines is 6. The summed E-state index contributed by atoms with van der Waals surface area (Å²) in [5.41, 5.74) is 6.11. The lowest BCUT2D eigenvalue weighted by molar-refractivity contribution is 0.628. The topological polar surface area (TPSA) is 6.48 Å². The molecule has 0 atom stereocenters. The van der Waals surface area contributed by atoms with Crippen molar-refractivity contribution in [3.05, 3.63) is 170 Å². The van der Waals surface area contributed by atoms with Crippen molar-refractivity contribution in [1.29, 1.82) is 0 Å². The van der Waals surface area contributed by atoms with Gasteiger partial charge in [0.05, 0.1) is 0 Å². The molecule has 9 aromatic rings. The van der Waals surface area contributed by atoms with E-state index in [2.05, 4.69) is 137 Å². The summed E-state index contributed by atoms with van der Waals surface area (Å²) in [4.78, 5) is 4.46. The van der Waals surface area contributed by atoms with Gasteiger partial charge >= 0.3 is 0 Å². The lowest BCUT2D eigenvalue weighted by Crippen LogP contribution is -2.10. The molecule has 2 aromatic heterocycles. The Morgan fingerprint density at radius 3 is 1.45 bits per heavy atom. The van der Waals surface area contributed by atoms with Gasteiger partial charge in [0, 0.05) is 74.5 Å². The summed E-state index contributed by atoms with van der Waals surface area (Å²) in [6, 6.07) is 56.3. The third-order valence-electron chi connectivity index (χ3n) is 8.67. The molecule has 5 heteroatoms. The van der Waals surface area contributed by atoms with Crippen LogP contribution in [0.3, 0.4) is 0 Å². The third-order valence-corrected chi connectivity index (χ3v) is 10.9. The Morgan fingerprint density at radius 2 is 0.787 bits per heavy atom. The molecule has 0 saturated heterocycles. The van der Waals surface area contributed by atoms with Gasteiger partial charge in [-0.05, 0) is 91.0 Å². The van der Waals surface area contributed by atoms with E-state index in [9.17, 15) is 4.39 Å². The second-order valence-electron chi connectivity index (χ2n) is 11.6. The Labute approximate surface area is 279 Å². The molecule has 0 fully saturated rings. The van der Waals surface area contributed by atoms with Crippen molar-refractivity contribution in [2.75, 3.05) is 9.80 Å². The maximum Gasteiger partial charge on any atom is 0.125 e. The Balaban J connectivity index is 1.18. The molecule has 0 aliphatic heterocycles. The van der Waals surface area contributed by atoms with E-state index >= 15 is 0 Å². The van der Waals surface area contributed by atoms with Gasteiger partial charge in [-0.2, -0.15) is 0 Å². The zero-order valence-electron chi connectivity index (χ0n) is 25.2. The standard InChI is InChI=1S/C42H27FN2S2/c43-28-10-9-15-31(24-28)45(33-18-21-36-35-16-7-8-17-39(35)46-41(36)26-33)34-19-22-37-38-25-32(20-23-40(38)47-42(37)27-34)44(29-11-3-1-4-12-29)30-13-5-2-6-14-30/h1-27H. The molecule has 0 aliphatic rings. The molecule has 0 spiro atoms. The van der Waals surface area contributed by atoms with E-state index in [1.807, 2.05) is 18.2 Å². The van der Waals surface area contributed by atoms with E-state index in [-0.39, 0.29) is 5.82 Å². The van der Waals surface area contributed by atoms with Crippen LogP contribution in [0.4, 0.5) is 38.5 Å². The Hall–Kier alpha value is -5.49. The molecular formula is C42H27FN2S2. The monoisotopic (exact) mass is 642 g/mol. The number of halogens is 1. The quantitative estimate of drug-likeness (QED) is 0.178. The molecule has 47 heavy (non-hydrogen) atoms. The average molecular weight is 643 g/mol. The summed E-state index contributed by atoms with van der Waals surface area (Å²) >= 11 is 3.58. The van der Waals surface area contributed by atoms with Crippen molar-refractivity contribution < 1.29 is 4.39 Å². The lowest BCUT2D eigenvalue weighted by atomic mass is 10.1. The highest BCUT2D eigenvalue weighted by Gasteiger charge is 2.18. The predicted molar refractivity (Wildman–Crippen MR) is 202 cm³/mol. The van der Waals surface area contributed by atoms with Crippen LogP contribution >= 0.6 is 22.7 Å². The van der Waals surface area contributed by atoms with Crippen molar-refractivity contribution in [1.82, 2.24) is 0 Å². The molecule has 7 aromatic carbocycles. The summed E-state index contributed by atoms with van der Waals surface area (Å²) in [5, 5.41) is 4.93. The summed E-state index contributed by atoms with van der Waals surface area (Å²) < 4.78 is 19.6. The van der Waals surface area contributed by atoms with Crippen molar-refractivity contribution in [2.45, 2.75) is 0 Å². The average Bonchev–Trinajstić information content (AvgIpc) is 3.67. The first kappa shape index (κ1) is 27.8. The van der Waals surface area contributed by atoms with Crippen LogP contribution in [0.2, 0.25) is 0 Å². The van der Waals surface area contributed by atoms with Crippen molar-refractivity contribution in [3.63, 3.8) is 0 Å². The van der Waals surface area contributed by atoms with Gasteiger partial charge in [0.2, 0.25) is 0 Å². The maximum absolute atomic E-state index is 14.7. The minimum atomic E-state index is -0.257. The van der Waals surface area contributed by atoms with Crippen LogP contribution < -0.4 is 9.80 Å². The highest BCUT2D eigenvalue weighted by Crippen LogP contribution is 2.44. The predicted octanol–water partition coefficient (Wildman–Crippen LogP) is 13.5. The summed E-state index contributed by atoms with van der Waals surface area (Å²) in [7, 11) is 0. The van der Waals surface area contributed by atoms with Gasteiger partial charge in [0.1, 0.15) is 5.82 Å². The van der Waals surface area contributed by atoms with Crippen LogP contribution in [0, 0.1) is 5.82 Å². The summed E-state index contributed by atoms with van der Waals surface area (Å²) in [5.74, 6) is -0.257. The van der Waals surface area contributed by atoms with Gasteiger partial charge in [-0.25, -0.2) is 4.39 Å². The molecule has 0 radical (unpaired) electrons. The molecule has 0 aliphatic carbocycles. The number of hydrogen-bond donors (Lipinski definition) is 0. The fraction of sp³-hybridized carbons (Fsp3) is 0. The van der Waals surface area contributed by atoms with E-state index in [0.29, 0.717) is 0 Å². The van der Waals surface area contributed by atoms with Crippen molar-refractivity contribution >= 4 is 97.1 Å². The second-order valence-corrected chi connectivity index (χ2v) is 13.7. The molecule has 0 amide bonds. The van der Waals surface area contributed by atoms with Crippen LogP contribution in [0.25, 0.3) is 40.3 Å². The first-order valence-electron chi connectivity index (χ1n) is 15.5. The molecular weight excluding hydrogens is 616 g/mol. The molecule has 0 saturated carbocycles. The van der Waals surface area contributed by atoms with E-state index in [1.54, 1.807) is 34.8 Å². The fourth-order valence-corrected chi connectivity index (χ4v) is 8.81. The molecule has 0 unspecified atom stereocenters. The molecule has 0 N–H and O–H groups in total. The minimum Gasteiger partial charge on any atom is -0.310 e. The normalized spacial score (nSPS) is 11.5.